The summed E-state index contributed by atoms with van der Waals surface area (Å²) >= 11 is 0. The number of amides is 3. The molecule has 0 bridgehead atoms. The van der Waals surface area contributed by atoms with Crippen molar-refractivity contribution in [1.82, 2.24) is 15.5 Å². The molecule has 0 saturated heterocycles. The van der Waals surface area contributed by atoms with Crippen LogP contribution in [0.3, 0.4) is 0 Å². The fourth-order valence-corrected chi connectivity index (χ4v) is 3.69. The van der Waals surface area contributed by atoms with Gasteiger partial charge in [0.1, 0.15) is 18.2 Å². The third kappa shape index (κ3) is 11.0. The second-order valence-corrected chi connectivity index (χ2v) is 10.4. The molecule has 7 heteroatoms. The highest BCUT2D eigenvalue weighted by molar-refractivity contribution is 5.90. The zero-order valence-corrected chi connectivity index (χ0v) is 22.6. The van der Waals surface area contributed by atoms with Gasteiger partial charge in [-0.3, -0.25) is 9.59 Å². The molecule has 1 rings (SSSR count). The third-order valence-electron chi connectivity index (χ3n) is 5.53. The number of ether oxygens (including phenoxy) is 1. The van der Waals surface area contributed by atoms with Gasteiger partial charge in [-0.15, -0.1) is 0 Å². The zero-order valence-electron chi connectivity index (χ0n) is 22.6. The highest BCUT2D eigenvalue weighted by atomic mass is 16.6. The first-order valence-corrected chi connectivity index (χ1v) is 12.7. The maximum atomic E-state index is 13.6. The summed E-state index contributed by atoms with van der Waals surface area (Å²) in [6.45, 7) is 17.7. The van der Waals surface area contributed by atoms with Crippen LogP contribution in [-0.4, -0.2) is 47.5 Å². The molecule has 3 amide bonds. The van der Waals surface area contributed by atoms with E-state index in [1.807, 2.05) is 31.2 Å². The lowest BCUT2D eigenvalue weighted by Gasteiger charge is -2.37. The number of rotatable bonds is 13. The van der Waals surface area contributed by atoms with Crippen LogP contribution in [0, 0.1) is 5.92 Å². The van der Waals surface area contributed by atoms with E-state index < -0.39 is 17.7 Å². The second-order valence-electron chi connectivity index (χ2n) is 10.4. The van der Waals surface area contributed by atoms with Crippen molar-refractivity contribution in [1.29, 1.82) is 0 Å². The first kappa shape index (κ1) is 30.2. The van der Waals surface area contributed by atoms with Crippen molar-refractivity contribution in [3.63, 3.8) is 0 Å². The van der Waals surface area contributed by atoms with Crippen molar-refractivity contribution in [2.75, 3.05) is 13.1 Å². The monoisotopic (exact) mass is 487 g/mol. The Labute approximate surface area is 211 Å². The number of hydrogen-bond acceptors (Lipinski definition) is 4. The SMILES string of the molecule is C=Cc1cccc(C(C(=O)NCCCC)N(C(=O)CNC(=O)OC(C)(C)C)C(C)CCC(C)C)c1. The zero-order chi connectivity index (χ0) is 26.6. The van der Waals surface area contributed by atoms with Gasteiger partial charge < -0.3 is 20.3 Å². The summed E-state index contributed by atoms with van der Waals surface area (Å²) in [4.78, 5) is 40.9. The lowest BCUT2D eigenvalue weighted by molar-refractivity contribution is -0.142. The van der Waals surface area contributed by atoms with E-state index >= 15 is 0 Å². The van der Waals surface area contributed by atoms with Gasteiger partial charge in [-0.05, 0) is 70.1 Å². The van der Waals surface area contributed by atoms with Crippen LogP contribution >= 0.6 is 0 Å². The largest absolute Gasteiger partial charge is 0.444 e. The lowest BCUT2D eigenvalue weighted by atomic mass is 9.97. The molecule has 35 heavy (non-hydrogen) atoms. The van der Waals surface area contributed by atoms with Gasteiger partial charge in [-0.25, -0.2) is 4.79 Å². The Balaban J connectivity index is 3.34. The average molecular weight is 488 g/mol. The second kappa shape index (κ2) is 14.5. The Kier molecular flexibility index (Phi) is 12.5. The highest BCUT2D eigenvalue weighted by Gasteiger charge is 2.35. The molecule has 0 aromatic heterocycles. The van der Waals surface area contributed by atoms with Crippen molar-refractivity contribution in [3.8, 4) is 0 Å². The topological polar surface area (TPSA) is 87.7 Å². The summed E-state index contributed by atoms with van der Waals surface area (Å²) < 4.78 is 5.28. The van der Waals surface area contributed by atoms with E-state index in [1.165, 1.54) is 0 Å². The van der Waals surface area contributed by atoms with Gasteiger partial charge in [0.15, 0.2) is 0 Å². The van der Waals surface area contributed by atoms with Crippen LogP contribution in [0.4, 0.5) is 4.79 Å². The summed E-state index contributed by atoms with van der Waals surface area (Å²) in [5.74, 6) is -0.122. The van der Waals surface area contributed by atoms with Gasteiger partial charge in [0, 0.05) is 12.6 Å². The van der Waals surface area contributed by atoms with Crippen LogP contribution in [-0.2, 0) is 14.3 Å². The maximum Gasteiger partial charge on any atom is 0.408 e. The van der Waals surface area contributed by atoms with Gasteiger partial charge >= 0.3 is 6.09 Å². The smallest absolute Gasteiger partial charge is 0.408 e. The molecule has 0 fully saturated rings. The molecule has 0 radical (unpaired) electrons. The van der Waals surface area contributed by atoms with Crippen molar-refractivity contribution in [2.24, 2.45) is 5.92 Å². The van der Waals surface area contributed by atoms with Gasteiger partial charge in [0.05, 0.1) is 0 Å². The van der Waals surface area contributed by atoms with Gasteiger partial charge in [0.2, 0.25) is 11.8 Å². The van der Waals surface area contributed by atoms with Crippen LogP contribution in [0.5, 0.6) is 0 Å². The Morgan fingerprint density at radius 2 is 1.80 bits per heavy atom. The molecule has 0 aliphatic heterocycles. The Morgan fingerprint density at radius 1 is 1.11 bits per heavy atom. The fourth-order valence-electron chi connectivity index (χ4n) is 3.69. The van der Waals surface area contributed by atoms with Crippen molar-refractivity contribution >= 4 is 24.0 Å². The van der Waals surface area contributed by atoms with Crippen LogP contribution in [0.2, 0.25) is 0 Å². The Bertz CT molecular complexity index is 845. The van der Waals surface area contributed by atoms with Crippen LogP contribution in [0.25, 0.3) is 6.08 Å². The minimum absolute atomic E-state index is 0.223. The summed E-state index contributed by atoms with van der Waals surface area (Å²) in [6, 6.07) is 6.45. The van der Waals surface area contributed by atoms with E-state index in [2.05, 4.69) is 38.0 Å². The average Bonchev–Trinajstić information content (AvgIpc) is 2.78. The summed E-state index contributed by atoms with van der Waals surface area (Å²) in [6.07, 6.45) is 4.48. The molecule has 0 aliphatic carbocycles. The summed E-state index contributed by atoms with van der Waals surface area (Å²) in [5, 5.41) is 5.56. The Hall–Kier alpha value is -2.83. The number of nitrogens with zero attached hydrogens (tertiary/aromatic N) is 1. The fraction of sp³-hybridized carbons (Fsp3) is 0.607. The number of benzene rings is 1. The first-order chi connectivity index (χ1) is 16.4. The molecule has 0 spiro atoms. The molecule has 7 nitrogen and oxygen atoms in total. The predicted molar refractivity (Wildman–Crippen MR) is 142 cm³/mol. The van der Waals surface area contributed by atoms with Crippen molar-refractivity contribution < 1.29 is 19.1 Å². The minimum Gasteiger partial charge on any atom is -0.444 e. The number of nitrogens with one attached hydrogen (secondary N) is 2. The third-order valence-corrected chi connectivity index (χ3v) is 5.53. The number of carbonyl (C=O) groups excluding carboxylic acids is 3. The number of hydrogen-bond donors (Lipinski definition) is 2. The highest BCUT2D eigenvalue weighted by Crippen LogP contribution is 2.27. The Morgan fingerprint density at radius 3 is 2.37 bits per heavy atom. The molecule has 2 N–H and O–H groups in total. The van der Waals surface area contributed by atoms with Gasteiger partial charge in [-0.1, -0.05) is 58.0 Å². The van der Waals surface area contributed by atoms with E-state index in [-0.39, 0.29) is 24.4 Å². The number of carbonyl (C=O) groups is 3. The first-order valence-electron chi connectivity index (χ1n) is 12.7. The minimum atomic E-state index is -0.832. The number of unbranched alkanes of at least 4 members (excludes halogenated alkanes) is 1. The summed E-state index contributed by atoms with van der Waals surface area (Å²) in [7, 11) is 0. The molecule has 2 atom stereocenters. The molecule has 0 saturated carbocycles. The molecule has 0 heterocycles. The van der Waals surface area contributed by atoms with Gasteiger partial charge in [-0.2, -0.15) is 0 Å². The van der Waals surface area contributed by atoms with Gasteiger partial charge in [0.25, 0.3) is 0 Å². The lowest BCUT2D eigenvalue weighted by Crippen LogP contribution is -2.51. The molecule has 1 aromatic carbocycles. The standard InChI is InChI=1S/C28H45N3O4/c1-9-11-17-29-26(33)25(23-14-12-13-22(10-2)18-23)31(21(5)16-15-20(3)4)24(32)19-30-27(34)35-28(6,7)8/h10,12-14,18,20-21,25H,2,9,11,15-17,19H2,1,3-8H3,(H,29,33)(H,30,34). The van der Waals surface area contributed by atoms with E-state index in [0.717, 1.165) is 31.2 Å². The normalized spacial score (nSPS) is 13.0. The van der Waals surface area contributed by atoms with E-state index in [0.29, 0.717) is 18.0 Å². The molecule has 2 unspecified atom stereocenters. The summed E-state index contributed by atoms with van der Waals surface area (Å²) in [5.41, 5.74) is 0.894. The van der Waals surface area contributed by atoms with Crippen LogP contribution in [0.15, 0.2) is 30.8 Å². The van der Waals surface area contributed by atoms with E-state index in [9.17, 15) is 14.4 Å². The van der Waals surface area contributed by atoms with Crippen molar-refractivity contribution in [3.05, 3.63) is 42.0 Å². The molecule has 1 aromatic rings. The van der Waals surface area contributed by atoms with Crippen LogP contribution in [0.1, 0.15) is 91.3 Å². The van der Waals surface area contributed by atoms with Crippen molar-refractivity contribution in [2.45, 2.75) is 91.8 Å². The van der Waals surface area contributed by atoms with Crippen LogP contribution < -0.4 is 10.6 Å². The van der Waals surface area contributed by atoms with E-state index in [4.69, 9.17) is 4.74 Å². The molecular formula is C28H45N3O4. The molecule has 0 aliphatic rings. The predicted octanol–water partition coefficient (Wildman–Crippen LogP) is 5.47. The molecule has 196 valence electrons. The number of alkyl carbamates (subject to hydrolysis) is 1. The van der Waals surface area contributed by atoms with E-state index in [1.54, 1.807) is 31.7 Å². The maximum absolute atomic E-state index is 13.6. The quantitative estimate of drug-likeness (QED) is 0.361. The molecular weight excluding hydrogens is 442 g/mol.